The van der Waals surface area contributed by atoms with Crippen molar-refractivity contribution < 1.29 is 9.59 Å². The van der Waals surface area contributed by atoms with Crippen LogP contribution in [-0.2, 0) is 11.2 Å². The van der Waals surface area contributed by atoms with Crippen LogP contribution in [0.1, 0.15) is 27.9 Å². The number of carbonyl (C=O) groups is 2. The van der Waals surface area contributed by atoms with E-state index in [1.54, 1.807) is 18.5 Å². The highest BCUT2D eigenvalue weighted by Crippen LogP contribution is 2.25. The fraction of sp³-hybridized carbons (Fsp3) is 0.120. The van der Waals surface area contributed by atoms with Crippen LogP contribution in [0.3, 0.4) is 0 Å². The summed E-state index contributed by atoms with van der Waals surface area (Å²) in [7, 11) is 0. The van der Waals surface area contributed by atoms with Crippen LogP contribution >= 0.6 is 0 Å². The second kappa shape index (κ2) is 9.17. The first kappa shape index (κ1) is 20.2. The van der Waals surface area contributed by atoms with E-state index in [0.717, 1.165) is 22.1 Å². The SMILES string of the molecule is Cc1ccc(-c2cc(C(=O)NNC(=O)CCc3cccnc3)c3ccccc3n2)cc1. The van der Waals surface area contributed by atoms with E-state index in [9.17, 15) is 9.59 Å². The molecule has 0 bridgehead atoms. The number of aromatic nitrogens is 2. The van der Waals surface area contributed by atoms with Crippen molar-refractivity contribution in [1.82, 2.24) is 20.8 Å². The van der Waals surface area contributed by atoms with Gasteiger partial charge in [0, 0.05) is 29.8 Å². The summed E-state index contributed by atoms with van der Waals surface area (Å²) in [6.07, 6.45) is 4.21. The number of pyridine rings is 2. The Morgan fingerprint density at radius 1 is 0.935 bits per heavy atom. The lowest BCUT2D eigenvalue weighted by molar-refractivity contribution is -0.121. The fourth-order valence-electron chi connectivity index (χ4n) is 3.30. The van der Waals surface area contributed by atoms with Crippen LogP contribution in [0.15, 0.2) is 79.1 Å². The molecule has 0 radical (unpaired) electrons. The Labute approximate surface area is 180 Å². The van der Waals surface area contributed by atoms with Crippen LogP contribution in [0.5, 0.6) is 0 Å². The lowest BCUT2D eigenvalue weighted by Crippen LogP contribution is -2.41. The maximum absolute atomic E-state index is 12.9. The fourth-order valence-corrected chi connectivity index (χ4v) is 3.30. The topological polar surface area (TPSA) is 84.0 Å². The normalized spacial score (nSPS) is 10.6. The van der Waals surface area contributed by atoms with Crippen molar-refractivity contribution >= 4 is 22.7 Å². The molecule has 0 saturated carbocycles. The predicted octanol–water partition coefficient (Wildman–Crippen LogP) is 4.00. The van der Waals surface area contributed by atoms with Gasteiger partial charge < -0.3 is 0 Å². The van der Waals surface area contributed by atoms with Crippen LogP contribution in [-0.4, -0.2) is 21.8 Å². The van der Waals surface area contributed by atoms with Crippen LogP contribution < -0.4 is 10.9 Å². The third-order valence-electron chi connectivity index (χ3n) is 4.99. The Hall–Kier alpha value is -4.06. The van der Waals surface area contributed by atoms with Gasteiger partial charge in [0.15, 0.2) is 0 Å². The first-order valence-electron chi connectivity index (χ1n) is 10.0. The summed E-state index contributed by atoms with van der Waals surface area (Å²) in [5.74, 6) is -0.656. The van der Waals surface area contributed by atoms with Gasteiger partial charge in [-0.15, -0.1) is 0 Å². The number of hydrazine groups is 1. The average Bonchev–Trinajstić information content (AvgIpc) is 2.81. The molecule has 0 aliphatic carbocycles. The summed E-state index contributed by atoms with van der Waals surface area (Å²) in [4.78, 5) is 33.8. The lowest BCUT2D eigenvalue weighted by Gasteiger charge is -2.11. The van der Waals surface area contributed by atoms with Gasteiger partial charge in [0.05, 0.1) is 16.8 Å². The summed E-state index contributed by atoms with van der Waals surface area (Å²) >= 11 is 0. The van der Waals surface area contributed by atoms with Gasteiger partial charge in [0.2, 0.25) is 5.91 Å². The van der Waals surface area contributed by atoms with E-state index in [-0.39, 0.29) is 18.2 Å². The number of carbonyl (C=O) groups excluding carboxylic acids is 2. The van der Waals surface area contributed by atoms with Gasteiger partial charge in [-0.2, -0.15) is 0 Å². The number of para-hydroxylation sites is 1. The zero-order valence-electron chi connectivity index (χ0n) is 17.1. The van der Waals surface area contributed by atoms with E-state index in [2.05, 4.69) is 15.8 Å². The van der Waals surface area contributed by atoms with Crippen LogP contribution in [0, 0.1) is 6.92 Å². The molecule has 0 aliphatic heterocycles. The molecular weight excluding hydrogens is 388 g/mol. The molecule has 0 spiro atoms. The van der Waals surface area contributed by atoms with Gasteiger partial charge >= 0.3 is 0 Å². The van der Waals surface area contributed by atoms with Gasteiger partial charge in [-0.3, -0.25) is 25.4 Å². The monoisotopic (exact) mass is 410 g/mol. The molecule has 31 heavy (non-hydrogen) atoms. The first-order valence-corrected chi connectivity index (χ1v) is 10.0. The molecule has 2 aromatic carbocycles. The molecule has 4 aromatic rings. The zero-order chi connectivity index (χ0) is 21.6. The van der Waals surface area contributed by atoms with Gasteiger partial charge in [0.1, 0.15) is 0 Å². The molecule has 0 saturated heterocycles. The van der Waals surface area contributed by atoms with Gasteiger partial charge in [-0.1, -0.05) is 54.1 Å². The minimum atomic E-state index is -0.387. The second-order valence-corrected chi connectivity index (χ2v) is 7.30. The van der Waals surface area contributed by atoms with Crippen molar-refractivity contribution in [2.24, 2.45) is 0 Å². The summed E-state index contributed by atoms with van der Waals surface area (Å²) in [5, 5.41) is 0.723. The number of fused-ring (bicyclic) bond motifs is 1. The summed E-state index contributed by atoms with van der Waals surface area (Å²) < 4.78 is 0. The second-order valence-electron chi connectivity index (χ2n) is 7.30. The molecule has 2 N–H and O–H groups in total. The molecule has 4 rings (SSSR count). The van der Waals surface area contributed by atoms with E-state index < -0.39 is 0 Å². The maximum atomic E-state index is 12.9. The molecule has 0 fully saturated rings. The number of hydrogen-bond acceptors (Lipinski definition) is 4. The number of benzene rings is 2. The van der Waals surface area contributed by atoms with E-state index in [1.807, 2.05) is 67.6 Å². The summed E-state index contributed by atoms with van der Waals surface area (Å²) in [6.45, 7) is 2.02. The Morgan fingerprint density at radius 2 is 1.74 bits per heavy atom. The number of aryl methyl sites for hydroxylation is 2. The average molecular weight is 410 g/mol. The number of amides is 2. The molecule has 0 atom stereocenters. The zero-order valence-corrected chi connectivity index (χ0v) is 17.1. The van der Waals surface area contributed by atoms with Crippen molar-refractivity contribution in [2.45, 2.75) is 19.8 Å². The Bertz CT molecular complexity index is 1220. The highest BCUT2D eigenvalue weighted by molar-refractivity contribution is 6.07. The highest BCUT2D eigenvalue weighted by atomic mass is 16.2. The minimum absolute atomic E-state index is 0.248. The van der Waals surface area contributed by atoms with Crippen molar-refractivity contribution in [3.05, 3.63) is 95.8 Å². The molecule has 154 valence electrons. The van der Waals surface area contributed by atoms with Crippen molar-refractivity contribution in [3.63, 3.8) is 0 Å². The molecule has 0 aliphatic rings. The van der Waals surface area contributed by atoms with E-state index in [4.69, 9.17) is 4.98 Å². The minimum Gasteiger partial charge on any atom is -0.273 e. The Kier molecular flexibility index (Phi) is 5.98. The summed E-state index contributed by atoms with van der Waals surface area (Å²) in [6, 6.07) is 20.9. The molecule has 2 aromatic heterocycles. The molecule has 6 nitrogen and oxygen atoms in total. The highest BCUT2D eigenvalue weighted by Gasteiger charge is 2.14. The number of hydrogen-bond donors (Lipinski definition) is 2. The number of rotatable bonds is 5. The van der Waals surface area contributed by atoms with E-state index in [0.29, 0.717) is 23.2 Å². The third-order valence-corrected chi connectivity index (χ3v) is 4.99. The smallest absolute Gasteiger partial charge is 0.270 e. The lowest BCUT2D eigenvalue weighted by atomic mass is 10.0. The molecule has 6 heteroatoms. The molecule has 0 unspecified atom stereocenters. The first-order chi connectivity index (χ1) is 15.1. The maximum Gasteiger partial charge on any atom is 0.270 e. The molecular formula is C25H22N4O2. The Balaban J connectivity index is 1.51. The van der Waals surface area contributed by atoms with Gasteiger partial charge in [-0.25, -0.2) is 4.98 Å². The standard InChI is InChI=1S/C25H22N4O2/c1-17-8-11-19(12-9-17)23-15-21(20-6-2-3-7-22(20)27-23)25(31)29-28-24(30)13-10-18-5-4-14-26-16-18/h2-9,11-12,14-16H,10,13H2,1H3,(H,28,30)(H,29,31). The molecule has 2 amide bonds. The largest absolute Gasteiger partial charge is 0.273 e. The van der Waals surface area contributed by atoms with Gasteiger partial charge in [0.25, 0.3) is 5.91 Å². The quantitative estimate of drug-likeness (QED) is 0.487. The predicted molar refractivity (Wildman–Crippen MR) is 120 cm³/mol. The van der Waals surface area contributed by atoms with E-state index >= 15 is 0 Å². The van der Waals surface area contributed by atoms with Crippen molar-refractivity contribution in [3.8, 4) is 11.3 Å². The summed E-state index contributed by atoms with van der Waals surface area (Å²) in [5.41, 5.74) is 9.94. The Morgan fingerprint density at radius 3 is 2.52 bits per heavy atom. The van der Waals surface area contributed by atoms with Gasteiger partial charge in [-0.05, 0) is 37.1 Å². The van der Waals surface area contributed by atoms with Crippen LogP contribution in [0.4, 0.5) is 0 Å². The van der Waals surface area contributed by atoms with E-state index in [1.165, 1.54) is 0 Å². The number of nitrogens with zero attached hydrogens (tertiary/aromatic N) is 2. The van der Waals surface area contributed by atoms with Crippen LogP contribution in [0.2, 0.25) is 0 Å². The third kappa shape index (κ3) is 4.93. The molecule has 2 heterocycles. The number of nitrogens with one attached hydrogen (secondary N) is 2. The van der Waals surface area contributed by atoms with Crippen molar-refractivity contribution in [2.75, 3.05) is 0 Å². The van der Waals surface area contributed by atoms with Crippen LogP contribution in [0.25, 0.3) is 22.2 Å². The van der Waals surface area contributed by atoms with Crippen molar-refractivity contribution in [1.29, 1.82) is 0 Å².